The van der Waals surface area contributed by atoms with Crippen molar-refractivity contribution in [1.82, 2.24) is 5.32 Å². The lowest BCUT2D eigenvalue weighted by atomic mass is 10.1. The molecule has 0 bridgehead atoms. The summed E-state index contributed by atoms with van der Waals surface area (Å²) >= 11 is 0. The van der Waals surface area contributed by atoms with Gasteiger partial charge in [0.05, 0.1) is 6.54 Å². The molecule has 2 rings (SSSR count). The second-order valence-electron chi connectivity index (χ2n) is 5.29. The van der Waals surface area contributed by atoms with Crippen LogP contribution < -0.4 is 15.8 Å². The van der Waals surface area contributed by atoms with Gasteiger partial charge in [0.2, 0.25) is 5.91 Å². The van der Waals surface area contributed by atoms with Gasteiger partial charge in [0.15, 0.2) is 0 Å². The third-order valence-electron chi connectivity index (χ3n) is 3.47. The Labute approximate surface area is 143 Å². The first-order valence-electron chi connectivity index (χ1n) is 7.36. The number of hydrogen-bond donors (Lipinski definition) is 2. The predicted molar refractivity (Wildman–Crippen MR) is 95.0 cm³/mol. The maximum atomic E-state index is 12.0. The minimum absolute atomic E-state index is 0. The van der Waals surface area contributed by atoms with Crippen molar-refractivity contribution in [3.8, 4) is 5.75 Å². The van der Waals surface area contributed by atoms with E-state index in [9.17, 15) is 4.79 Å². The average molecular weight is 335 g/mol. The fraction of sp³-hybridized carbons (Fsp3) is 0.278. The summed E-state index contributed by atoms with van der Waals surface area (Å²) in [5.41, 5.74) is 8.98. The number of carbonyl (C=O) groups is 1. The highest BCUT2D eigenvalue weighted by atomic mass is 35.5. The molecule has 1 unspecified atom stereocenters. The van der Waals surface area contributed by atoms with Crippen LogP contribution in [-0.2, 0) is 4.79 Å². The zero-order chi connectivity index (χ0) is 15.9. The van der Waals surface area contributed by atoms with Crippen LogP contribution in [0.3, 0.4) is 0 Å². The lowest BCUT2D eigenvalue weighted by Gasteiger charge is -2.14. The zero-order valence-electron chi connectivity index (χ0n) is 13.4. The predicted octanol–water partition coefficient (Wildman–Crippen LogP) is 2.92. The van der Waals surface area contributed by atoms with E-state index in [4.69, 9.17) is 10.5 Å². The van der Waals surface area contributed by atoms with E-state index < -0.39 is 6.04 Å². The van der Waals surface area contributed by atoms with Crippen molar-refractivity contribution in [2.75, 3.05) is 13.2 Å². The summed E-state index contributed by atoms with van der Waals surface area (Å²) in [5, 5.41) is 2.80. The third kappa shape index (κ3) is 5.58. The molecule has 4 nitrogen and oxygen atoms in total. The van der Waals surface area contributed by atoms with E-state index in [0.717, 1.165) is 22.4 Å². The fourth-order valence-electron chi connectivity index (χ4n) is 2.09. The first-order valence-corrected chi connectivity index (χ1v) is 7.36. The van der Waals surface area contributed by atoms with Crippen LogP contribution in [0.1, 0.15) is 22.7 Å². The number of halogens is 1. The molecule has 23 heavy (non-hydrogen) atoms. The van der Waals surface area contributed by atoms with Crippen molar-refractivity contribution in [2.24, 2.45) is 5.73 Å². The number of benzene rings is 2. The van der Waals surface area contributed by atoms with Gasteiger partial charge in [-0.3, -0.25) is 4.79 Å². The Morgan fingerprint density at radius 3 is 2.43 bits per heavy atom. The molecule has 0 aliphatic carbocycles. The standard InChI is InChI=1S/C18H22N2O2.ClH/c1-13-7-9-15(10-8-13)17(19)18(21)20-11-12-22-16-6-4-3-5-14(16)2;/h3-10,17H,11-12,19H2,1-2H3,(H,20,21);1H. The average Bonchev–Trinajstić information content (AvgIpc) is 2.53. The van der Waals surface area contributed by atoms with Gasteiger partial charge >= 0.3 is 0 Å². The molecule has 1 atom stereocenters. The summed E-state index contributed by atoms with van der Waals surface area (Å²) in [6, 6.07) is 14.8. The molecule has 2 aromatic rings. The Morgan fingerprint density at radius 2 is 1.78 bits per heavy atom. The minimum atomic E-state index is -0.654. The van der Waals surface area contributed by atoms with Gasteiger partial charge in [-0.25, -0.2) is 0 Å². The van der Waals surface area contributed by atoms with Gasteiger partial charge in [0.1, 0.15) is 18.4 Å². The summed E-state index contributed by atoms with van der Waals surface area (Å²) in [6.07, 6.45) is 0. The van der Waals surface area contributed by atoms with Gasteiger partial charge in [0.25, 0.3) is 0 Å². The number of rotatable bonds is 6. The molecule has 124 valence electrons. The van der Waals surface area contributed by atoms with Crippen LogP contribution in [0.2, 0.25) is 0 Å². The van der Waals surface area contributed by atoms with Crippen LogP contribution >= 0.6 is 12.4 Å². The number of para-hydroxylation sites is 1. The summed E-state index contributed by atoms with van der Waals surface area (Å²) in [7, 11) is 0. The molecule has 0 heterocycles. The van der Waals surface area contributed by atoms with Crippen LogP contribution in [0.25, 0.3) is 0 Å². The van der Waals surface area contributed by atoms with Gasteiger partial charge in [-0.1, -0.05) is 48.0 Å². The van der Waals surface area contributed by atoms with Crippen LogP contribution in [0.15, 0.2) is 48.5 Å². The number of amides is 1. The Balaban J connectivity index is 0.00000264. The van der Waals surface area contributed by atoms with Gasteiger partial charge in [-0.05, 0) is 31.0 Å². The second-order valence-corrected chi connectivity index (χ2v) is 5.29. The van der Waals surface area contributed by atoms with Crippen molar-refractivity contribution in [3.05, 3.63) is 65.2 Å². The van der Waals surface area contributed by atoms with Crippen LogP contribution in [0.4, 0.5) is 0 Å². The maximum Gasteiger partial charge on any atom is 0.241 e. The normalized spacial score (nSPS) is 11.3. The van der Waals surface area contributed by atoms with E-state index in [0.29, 0.717) is 13.2 Å². The molecule has 0 aliphatic heterocycles. The van der Waals surface area contributed by atoms with E-state index in [-0.39, 0.29) is 18.3 Å². The summed E-state index contributed by atoms with van der Waals surface area (Å²) in [6.45, 7) is 4.82. The molecule has 0 spiro atoms. The Hall–Kier alpha value is -2.04. The smallest absolute Gasteiger partial charge is 0.241 e. The minimum Gasteiger partial charge on any atom is -0.491 e. The van der Waals surface area contributed by atoms with Crippen molar-refractivity contribution in [3.63, 3.8) is 0 Å². The van der Waals surface area contributed by atoms with E-state index in [1.54, 1.807) is 0 Å². The van der Waals surface area contributed by atoms with Crippen molar-refractivity contribution in [1.29, 1.82) is 0 Å². The zero-order valence-corrected chi connectivity index (χ0v) is 14.2. The number of nitrogens with two attached hydrogens (primary N) is 1. The van der Waals surface area contributed by atoms with E-state index in [1.807, 2.05) is 62.4 Å². The van der Waals surface area contributed by atoms with Gasteiger partial charge in [-0.15, -0.1) is 12.4 Å². The Bertz CT molecular complexity index is 629. The quantitative estimate of drug-likeness (QED) is 0.798. The molecular formula is C18H23ClN2O2. The van der Waals surface area contributed by atoms with Crippen molar-refractivity contribution >= 4 is 18.3 Å². The number of aryl methyl sites for hydroxylation is 2. The van der Waals surface area contributed by atoms with E-state index in [1.165, 1.54) is 0 Å². The first kappa shape index (κ1) is 19.0. The summed E-state index contributed by atoms with van der Waals surface area (Å²) < 4.78 is 5.63. The lowest BCUT2D eigenvalue weighted by Crippen LogP contribution is -2.36. The number of hydrogen-bond acceptors (Lipinski definition) is 3. The largest absolute Gasteiger partial charge is 0.491 e. The first-order chi connectivity index (χ1) is 10.6. The summed E-state index contributed by atoms with van der Waals surface area (Å²) in [5.74, 6) is 0.636. The number of nitrogens with one attached hydrogen (secondary N) is 1. The summed E-state index contributed by atoms with van der Waals surface area (Å²) in [4.78, 5) is 12.0. The van der Waals surface area contributed by atoms with Gasteiger partial charge < -0.3 is 15.8 Å². The van der Waals surface area contributed by atoms with Crippen LogP contribution in [0.5, 0.6) is 5.75 Å². The molecule has 0 saturated carbocycles. The Kier molecular flexibility index (Phi) is 7.59. The van der Waals surface area contributed by atoms with Crippen molar-refractivity contribution < 1.29 is 9.53 Å². The van der Waals surface area contributed by atoms with Gasteiger partial charge in [-0.2, -0.15) is 0 Å². The van der Waals surface area contributed by atoms with E-state index >= 15 is 0 Å². The molecule has 0 fully saturated rings. The SMILES string of the molecule is Cc1ccc(C(N)C(=O)NCCOc2ccccc2C)cc1.Cl. The molecule has 0 saturated heterocycles. The maximum absolute atomic E-state index is 12.0. The van der Waals surface area contributed by atoms with Gasteiger partial charge in [0, 0.05) is 0 Å². The second kappa shape index (κ2) is 9.18. The van der Waals surface area contributed by atoms with Crippen LogP contribution in [-0.4, -0.2) is 19.1 Å². The molecule has 1 amide bonds. The molecule has 0 radical (unpaired) electrons. The monoisotopic (exact) mass is 334 g/mol. The fourth-order valence-corrected chi connectivity index (χ4v) is 2.09. The molecular weight excluding hydrogens is 312 g/mol. The molecule has 0 aliphatic rings. The molecule has 5 heteroatoms. The number of carbonyl (C=O) groups excluding carboxylic acids is 1. The lowest BCUT2D eigenvalue weighted by molar-refractivity contribution is -0.122. The highest BCUT2D eigenvalue weighted by Gasteiger charge is 2.14. The third-order valence-corrected chi connectivity index (χ3v) is 3.47. The highest BCUT2D eigenvalue weighted by Crippen LogP contribution is 2.15. The molecule has 2 aromatic carbocycles. The highest BCUT2D eigenvalue weighted by molar-refractivity contribution is 5.85. The molecule has 0 aromatic heterocycles. The molecule has 3 N–H and O–H groups in total. The topological polar surface area (TPSA) is 64.4 Å². The number of ether oxygens (including phenoxy) is 1. The van der Waals surface area contributed by atoms with Crippen molar-refractivity contribution in [2.45, 2.75) is 19.9 Å². The van der Waals surface area contributed by atoms with Crippen LogP contribution in [0, 0.1) is 13.8 Å². The van der Waals surface area contributed by atoms with E-state index in [2.05, 4.69) is 5.32 Å². The Morgan fingerprint density at radius 1 is 1.13 bits per heavy atom.